The molecule has 66 heavy (non-hydrogen) atoms. The minimum Gasteiger partial charge on any atom is -0.480 e. The van der Waals surface area contributed by atoms with Gasteiger partial charge in [-0.25, -0.2) is 19.2 Å². The Kier molecular flexibility index (Phi) is 18.5. The summed E-state index contributed by atoms with van der Waals surface area (Å²) in [5.74, 6) is -3.51. The first-order chi connectivity index (χ1) is 31.1. The van der Waals surface area contributed by atoms with E-state index in [1.54, 1.807) is 41.5 Å². The Bertz CT molecular complexity index is 2170. The van der Waals surface area contributed by atoms with Crippen molar-refractivity contribution in [3.05, 3.63) is 138 Å². The highest BCUT2D eigenvalue weighted by molar-refractivity contribution is 8.00. The topological polar surface area (TPSA) is 254 Å². The molecular weight excluding hydrogens is 869 g/mol. The number of thioether (sulfide) groups is 1. The van der Waals surface area contributed by atoms with E-state index in [2.05, 4.69) is 26.6 Å². The molecule has 0 fully saturated rings. The number of nitrogens with two attached hydrogens (primary N) is 1. The van der Waals surface area contributed by atoms with Gasteiger partial charge >= 0.3 is 24.2 Å². The van der Waals surface area contributed by atoms with Crippen LogP contribution in [-0.4, -0.2) is 95.2 Å². The van der Waals surface area contributed by atoms with Crippen LogP contribution in [0.3, 0.4) is 0 Å². The number of primary amides is 1. The van der Waals surface area contributed by atoms with Crippen molar-refractivity contribution in [1.29, 1.82) is 0 Å². The van der Waals surface area contributed by atoms with Gasteiger partial charge in [-0.1, -0.05) is 103 Å². The van der Waals surface area contributed by atoms with Gasteiger partial charge < -0.3 is 51.6 Å². The fraction of sp³-hybridized carbons (Fsp3) is 0.354. The van der Waals surface area contributed by atoms with Crippen LogP contribution >= 0.6 is 11.8 Å². The first-order valence-corrected chi connectivity index (χ1v) is 22.1. The third kappa shape index (κ3) is 16.5. The molecule has 6 amide bonds. The maximum Gasteiger partial charge on any atom is 0.412 e. The Labute approximate surface area is 388 Å². The van der Waals surface area contributed by atoms with Crippen LogP contribution in [0.2, 0.25) is 0 Å². The number of carboxylic acid groups (broad SMARTS) is 1. The Balaban J connectivity index is 1.52. The molecule has 0 aliphatic heterocycles. The van der Waals surface area contributed by atoms with Crippen LogP contribution in [-0.2, 0) is 39.8 Å². The minimum atomic E-state index is -1.35. The standard InChI is InChI=1S/C48H58N6O11S/c1-46(2,3)64-44(61)53-36(26-27-50-43(60)63-35-24-22-31(23-25-35)28-37(42(58)59)54-45(62)65-47(4,5)6)41(57)52-38(40(56)51-29-39(49)55)30-66-48(32-16-10-7-11-17-32,33-18-12-8-13-19-33)34-20-14-9-15-21-34/h7-25,36-38H,26-30H2,1-6H3,(H2,49,55)(H,50,60)(H,51,56)(H,52,57)(H,53,61)(H,54,62)(H,58,59)/t36-,37-,38-/m0/s1. The predicted octanol–water partition coefficient (Wildman–Crippen LogP) is 5.39. The largest absolute Gasteiger partial charge is 0.480 e. The maximum absolute atomic E-state index is 14.2. The van der Waals surface area contributed by atoms with Crippen LogP contribution in [0.15, 0.2) is 115 Å². The van der Waals surface area contributed by atoms with E-state index in [0.717, 1.165) is 16.7 Å². The maximum atomic E-state index is 14.2. The molecule has 18 heteroatoms. The summed E-state index contributed by atoms with van der Waals surface area (Å²) in [5, 5.41) is 22.3. The van der Waals surface area contributed by atoms with Gasteiger partial charge in [0, 0.05) is 18.7 Å². The number of hydrogen-bond acceptors (Lipinski definition) is 11. The Morgan fingerprint density at radius 3 is 1.50 bits per heavy atom. The number of aliphatic carboxylic acids is 1. The molecule has 0 unspecified atom stereocenters. The van der Waals surface area contributed by atoms with E-state index < -0.39 is 82.6 Å². The lowest BCUT2D eigenvalue weighted by Crippen LogP contribution is -2.56. The number of alkyl carbamates (subject to hydrolysis) is 2. The number of carbonyl (C=O) groups excluding carboxylic acids is 6. The van der Waals surface area contributed by atoms with Crippen molar-refractivity contribution < 1.29 is 52.9 Å². The fourth-order valence-electron chi connectivity index (χ4n) is 6.49. The van der Waals surface area contributed by atoms with Crippen molar-refractivity contribution in [2.45, 2.75) is 88.5 Å². The molecule has 0 heterocycles. The van der Waals surface area contributed by atoms with E-state index in [4.69, 9.17) is 19.9 Å². The quantitative estimate of drug-likeness (QED) is 0.0551. The van der Waals surface area contributed by atoms with Crippen molar-refractivity contribution >= 4 is 53.7 Å². The highest BCUT2D eigenvalue weighted by Crippen LogP contribution is 2.48. The van der Waals surface area contributed by atoms with Gasteiger partial charge in [-0.15, -0.1) is 11.8 Å². The molecule has 3 atom stereocenters. The van der Waals surface area contributed by atoms with Crippen molar-refractivity contribution in [1.82, 2.24) is 26.6 Å². The zero-order valence-electron chi connectivity index (χ0n) is 37.8. The average Bonchev–Trinajstić information content (AvgIpc) is 3.25. The summed E-state index contributed by atoms with van der Waals surface area (Å²) in [6, 6.07) is 31.1. The summed E-state index contributed by atoms with van der Waals surface area (Å²) >= 11 is 1.38. The minimum absolute atomic E-state index is 0.0330. The van der Waals surface area contributed by atoms with Gasteiger partial charge in [0.1, 0.15) is 35.1 Å². The molecule has 0 radical (unpaired) electrons. The Hall–Kier alpha value is -7.08. The molecule has 17 nitrogen and oxygen atoms in total. The van der Waals surface area contributed by atoms with E-state index >= 15 is 0 Å². The van der Waals surface area contributed by atoms with Gasteiger partial charge in [-0.3, -0.25) is 14.4 Å². The number of amides is 6. The lowest BCUT2D eigenvalue weighted by atomic mass is 9.84. The monoisotopic (exact) mass is 926 g/mol. The molecule has 0 saturated heterocycles. The molecule has 4 aromatic carbocycles. The molecular formula is C48H58N6O11S. The number of hydrogen-bond donors (Lipinski definition) is 7. The zero-order chi connectivity index (χ0) is 48.5. The number of ether oxygens (including phenoxy) is 3. The summed E-state index contributed by atoms with van der Waals surface area (Å²) in [6.07, 6.45) is -3.00. The third-order valence-corrected chi connectivity index (χ3v) is 11.0. The highest BCUT2D eigenvalue weighted by atomic mass is 32.2. The molecule has 0 aliphatic carbocycles. The fourth-order valence-corrected chi connectivity index (χ4v) is 8.05. The normalized spacial score (nSPS) is 12.8. The van der Waals surface area contributed by atoms with E-state index in [1.165, 1.54) is 36.0 Å². The highest BCUT2D eigenvalue weighted by Gasteiger charge is 2.39. The van der Waals surface area contributed by atoms with Crippen LogP contribution in [0.25, 0.3) is 0 Å². The predicted molar refractivity (Wildman–Crippen MR) is 249 cm³/mol. The third-order valence-electron chi connectivity index (χ3n) is 9.35. The van der Waals surface area contributed by atoms with Crippen molar-refractivity contribution in [3.63, 3.8) is 0 Å². The number of carbonyl (C=O) groups is 7. The van der Waals surface area contributed by atoms with Crippen LogP contribution in [0, 0.1) is 0 Å². The summed E-state index contributed by atoms with van der Waals surface area (Å²) in [6.45, 7) is 9.19. The molecule has 0 saturated carbocycles. The van der Waals surface area contributed by atoms with Crippen LogP contribution in [0.5, 0.6) is 5.75 Å². The molecule has 352 valence electrons. The molecule has 0 bridgehead atoms. The molecule has 0 aliphatic rings. The molecule has 4 aromatic rings. The SMILES string of the molecule is CC(C)(C)OC(=O)N[C@@H](Cc1ccc(OC(=O)NCC[C@H](NC(=O)OC(C)(C)C)C(=O)N[C@@H](CSC(c2ccccc2)(c2ccccc2)c2ccccc2)C(=O)NCC(N)=O)cc1)C(=O)O. The molecule has 0 aromatic heterocycles. The van der Waals surface area contributed by atoms with E-state index in [-0.39, 0.29) is 30.9 Å². The van der Waals surface area contributed by atoms with Gasteiger partial charge in [0.25, 0.3) is 0 Å². The van der Waals surface area contributed by atoms with Crippen LogP contribution in [0.4, 0.5) is 14.4 Å². The number of benzene rings is 4. The Morgan fingerprint density at radius 2 is 1.06 bits per heavy atom. The summed E-state index contributed by atoms with van der Waals surface area (Å²) in [7, 11) is 0. The van der Waals surface area contributed by atoms with Gasteiger partial charge in [0.15, 0.2) is 0 Å². The molecule has 8 N–H and O–H groups in total. The zero-order valence-corrected chi connectivity index (χ0v) is 38.6. The van der Waals surface area contributed by atoms with Gasteiger partial charge in [-0.2, -0.15) is 0 Å². The van der Waals surface area contributed by atoms with Crippen molar-refractivity contribution in [2.75, 3.05) is 18.8 Å². The Morgan fingerprint density at radius 1 is 0.591 bits per heavy atom. The second-order valence-electron chi connectivity index (χ2n) is 17.0. The summed E-state index contributed by atoms with van der Waals surface area (Å²) < 4.78 is 15.1. The molecule has 4 rings (SSSR count). The first kappa shape index (κ1) is 51.6. The smallest absolute Gasteiger partial charge is 0.412 e. The van der Waals surface area contributed by atoms with Gasteiger partial charge in [0.05, 0.1) is 11.3 Å². The van der Waals surface area contributed by atoms with Gasteiger partial charge in [0.2, 0.25) is 17.7 Å². The first-order valence-electron chi connectivity index (χ1n) is 21.1. The lowest BCUT2D eigenvalue weighted by molar-refractivity contribution is -0.139. The summed E-state index contributed by atoms with van der Waals surface area (Å²) in [5.41, 5.74) is 6.81. The lowest BCUT2D eigenvalue weighted by Gasteiger charge is -2.36. The second-order valence-corrected chi connectivity index (χ2v) is 18.3. The number of carboxylic acids is 1. The van der Waals surface area contributed by atoms with E-state index in [1.807, 2.05) is 91.0 Å². The van der Waals surface area contributed by atoms with Crippen LogP contribution < -0.4 is 37.1 Å². The van der Waals surface area contributed by atoms with E-state index in [9.17, 15) is 38.7 Å². The second kappa shape index (κ2) is 23.7. The summed E-state index contributed by atoms with van der Waals surface area (Å²) in [4.78, 5) is 89.8. The van der Waals surface area contributed by atoms with E-state index in [0.29, 0.717) is 5.56 Å². The number of rotatable bonds is 20. The molecule has 0 spiro atoms. The van der Waals surface area contributed by atoms with Gasteiger partial charge in [-0.05, 0) is 82.3 Å². The van der Waals surface area contributed by atoms with Crippen LogP contribution in [0.1, 0.15) is 70.2 Å². The average molecular weight is 927 g/mol. The van der Waals surface area contributed by atoms with Crippen molar-refractivity contribution in [2.24, 2.45) is 5.73 Å². The number of nitrogens with one attached hydrogen (secondary N) is 5. The van der Waals surface area contributed by atoms with Crippen molar-refractivity contribution in [3.8, 4) is 5.75 Å².